The number of carbonyl (C=O) groups excluding carboxylic acids is 2. The van der Waals surface area contributed by atoms with Crippen molar-refractivity contribution in [3.63, 3.8) is 0 Å². The van der Waals surface area contributed by atoms with Crippen LogP contribution in [0.1, 0.15) is 38.2 Å². The Kier molecular flexibility index (Phi) is 9.07. The zero-order chi connectivity index (χ0) is 27.1. The molecule has 1 saturated carbocycles. The Hall–Kier alpha value is -3.36. The molecule has 0 heterocycles. The number of carbonyl (C=O) groups is 2. The molecule has 0 aromatic heterocycles. The third kappa shape index (κ3) is 6.55. The van der Waals surface area contributed by atoms with E-state index < -0.39 is 28.5 Å². The topological polar surface area (TPSA) is 86.8 Å². The monoisotopic (exact) mass is 553 g/mol. The quantitative estimate of drug-likeness (QED) is 0.382. The van der Waals surface area contributed by atoms with Crippen LogP contribution in [0, 0.1) is 0 Å². The maximum Gasteiger partial charge on any atom is 0.264 e. The van der Waals surface area contributed by atoms with Crippen molar-refractivity contribution in [3.8, 4) is 0 Å². The van der Waals surface area contributed by atoms with Gasteiger partial charge < -0.3 is 10.2 Å². The molecule has 0 bridgehead atoms. The minimum absolute atomic E-state index is 0.0613. The first kappa shape index (κ1) is 27.7. The van der Waals surface area contributed by atoms with Gasteiger partial charge in [-0.25, -0.2) is 8.42 Å². The third-order valence-corrected chi connectivity index (χ3v) is 8.98. The van der Waals surface area contributed by atoms with Crippen molar-refractivity contribution < 1.29 is 18.0 Å². The average molecular weight is 554 g/mol. The van der Waals surface area contributed by atoms with E-state index in [1.807, 2.05) is 6.07 Å². The van der Waals surface area contributed by atoms with Crippen molar-refractivity contribution in [2.24, 2.45) is 0 Å². The highest BCUT2D eigenvalue weighted by Gasteiger charge is 2.33. The number of hydrogen-bond acceptors (Lipinski definition) is 4. The second-order valence-electron chi connectivity index (χ2n) is 9.44. The Morgan fingerprint density at radius 1 is 0.921 bits per heavy atom. The van der Waals surface area contributed by atoms with E-state index in [4.69, 9.17) is 11.6 Å². The van der Waals surface area contributed by atoms with Crippen LogP contribution in [-0.4, -0.2) is 43.8 Å². The van der Waals surface area contributed by atoms with Gasteiger partial charge in [0.15, 0.2) is 0 Å². The van der Waals surface area contributed by atoms with Gasteiger partial charge in [-0.3, -0.25) is 13.9 Å². The molecule has 1 atom stereocenters. The van der Waals surface area contributed by atoms with E-state index in [0.29, 0.717) is 16.3 Å². The Morgan fingerprint density at radius 2 is 1.50 bits per heavy atom. The molecule has 0 unspecified atom stereocenters. The van der Waals surface area contributed by atoms with Crippen molar-refractivity contribution in [1.82, 2.24) is 10.2 Å². The highest BCUT2D eigenvalue weighted by Crippen LogP contribution is 2.25. The van der Waals surface area contributed by atoms with Crippen LogP contribution in [-0.2, 0) is 26.2 Å². The SMILES string of the molecule is C[C@H](C(=O)NC1CCCC1)N(Cc1ccccc1Cl)C(=O)CN(c1ccccc1)S(=O)(=O)c1ccccc1. The Bertz CT molecular complexity index is 1350. The number of sulfonamides is 1. The number of anilines is 1. The molecular weight excluding hydrogens is 522 g/mol. The molecule has 3 aromatic carbocycles. The normalized spacial score (nSPS) is 14.6. The van der Waals surface area contributed by atoms with Crippen LogP contribution in [0.3, 0.4) is 0 Å². The summed E-state index contributed by atoms with van der Waals surface area (Å²) in [4.78, 5) is 28.6. The molecule has 0 spiro atoms. The van der Waals surface area contributed by atoms with E-state index >= 15 is 0 Å². The summed E-state index contributed by atoms with van der Waals surface area (Å²) in [6.45, 7) is 1.25. The van der Waals surface area contributed by atoms with E-state index in [1.54, 1.807) is 73.7 Å². The molecule has 2 amide bonds. The maximum absolute atomic E-state index is 13.9. The van der Waals surface area contributed by atoms with Crippen LogP contribution in [0.4, 0.5) is 5.69 Å². The van der Waals surface area contributed by atoms with Gasteiger partial charge in [-0.1, -0.05) is 79.0 Å². The molecule has 3 aromatic rings. The minimum atomic E-state index is -4.07. The average Bonchev–Trinajstić information content (AvgIpc) is 3.44. The van der Waals surface area contributed by atoms with Gasteiger partial charge in [-0.05, 0) is 55.7 Å². The van der Waals surface area contributed by atoms with E-state index in [9.17, 15) is 18.0 Å². The first-order valence-electron chi connectivity index (χ1n) is 12.7. The molecule has 0 saturated heterocycles. The molecule has 0 aliphatic heterocycles. The lowest BCUT2D eigenvalue weighted by Gasteiger charge is -2.32. The molecule has 200 valence electrons. The lowest BCUT2D eigenvalue weighted by molar-refractivity contribution is -0.139. The number of para-hydroxylation sites is 1. The fourth-order valence-corrected chi connectivity index (χ4v) is 6.26. The van der Waals surface area contributed by atoms with Crippen molar-refractivity contribution in [1.29, 1.82) is 0 Å². The van der Waals surface area contributed by atoms with Gasteiger partial charge in [0, 0.05) is 17.6 Å². The molecule has 7 nitrogen and oxygen atoms in total. The molecule has 1 N–H and O–H groups in total. The fraction of sp³-hybridized carbons (Fsp3) is 0.310. The van der Waals surface area contributed by atoms with Crippen LogP contribution >= 0.6 is 11.6 Å². The summed E-state index contributed by atoms with van der Waals surface area (Å²) in [6, 6.07) is 22.8. The molecule has 1 fully saturated rings. The van der Waals surface area contributed by atoms with Gasteiger partial charge in [0.1, 0.15) is 12.6 Å². The van der Waals surface area contributed by atoms with Crippen molar-refractivity contribution >= 4 is 39.1 Å². The van der Waals surface area contributed by atoms with Gasteiger partial charge in [-0.2, -0.15) is 0 Å². The van der Waals surface area contributed by atoms with Gasteiger partial charge in [-0.15, -0.1) is 0 Å². The summed E-state index contributed by atoms with van der Waals surface area (Å²) in [7, 11) is -4.07. The second-order valence-corrected chi connectivity index (χ2v) is 11.7. The highest BCUT2D eigenvalue weighted by atomic mass is 35.5. The molecule has 1 aliphatic rings. The molecular formula is C29H32ClN3O4S. The van der Waals surface area contributed by atoms with Gasteiger partial charge in [0.25, 0.3) is 10.0 Å². The van der Waals surface area contributed by atoms with Crippen LogP contribution in [0.2, 0.25) is 5.02 Å². The number of benzene rings is 3. The Labute approximate surface area is 229 Å². The van der Waals surface area contributed by atoms with Crippen molar-refractivity contribution in [2.45, 2.75) is 56.1 Å². The van der Waals surface area contributed by atoms with Crippen LogP contribution < -0.4 is 9.62 Å². The first-order chi connectivity index (χ1) is 18.3. The minimum Gasteiger partial charge on any atom is -0.352 e. The van der Waals surface area contributed by atoms with Gasteiger partial charge in [0.2, 0.25) is 11.8 Å². The fourth-order valence-electron chi connectivity index (χ4n) is 4.63. The molecule has 4 rings (SSSR count). The molecule has 0 radical (unpaired) electrons. The zero-order valence-electron chi connectivity index (χ0n) is 21.3. The summed E-state index contributed by atoms with van der Waals surface area (Å²) in [6.07, 6.45) is 3.94. The predicted molar refractivity (Wildman–Crippen MR) is 149 cm³/mol. The zero-order valence-corrected chi connectivity index (χ0v) is 22.9. The van der Waals surface area contributed by atoms with Crippen molar-refractivity contribution in [3.05, 3.63) is 95.5 Å². The summed E-state index contributed by atoms with van der Waals surface area (Å²) in [5.74, 6) is -0.781. The maximum atomic E-state index is 13.9. The number of halogens is 1. The van der Waals surface area contributed by atoms with Crippen LogP contribution in [0.15, 0.2) is 89.8 Å². The van der Waals surface area contributed by atoms with Crippen LogP contribution in [0.25, 0.3) is 0 Å². The molecule has 38 heavy (non-hydrogen) atoms. The predicted octanol–water partition coefficient (Wildman–Crippen LogP) is 5.01. The standard InChI is InChI=1S/C29H32ClN3O4S/c1-22(29(35)31-24-13-9-10-14-24)32(20-23-12-8-11-19-27(23)30)28(34)21-33(25-15-4-2-5-16-25)38(36,37)26-17-6-3-7-18-26/h2-8,11-12,15-19,22,24H,9-10,13-14,20-21H2,1H3,(H,31,35)/t22-/m1/s1. The van der Waals surface area contributed by atoms with E-state index in [0.717, 1.165) is 30.0 Å². The number of hydrogen-bond donors (Lipinski definition) is 1. The van der Waals surface area contributed by atoms with E-state index in [2.05, 4.69) is 5.32 Å². The summed E-state index contributed by atoms with van der Waals surface area (Å²) < 4.78 is 28.5. The largest absolute Gasteiger partial charge is 0.352 e. The van der Waals surface area contributed by atoms with Gasteiger partial charge in [0.05, 0.1) is 10.6 Å². The molecule has 1 aliphatic carbocycles. The smallest absolute Gasteiger partial charge is 0.264 e. The Morgan fingerprint density at radius 3 is 2.13 bits per heavy atom. The van der Waals surface area contributed by atoms with Gasteiger partial charge >= 0.3 is 0 Å². The number of amides is 2. The summed E-state index contributed by atoms with van der Waals surface area (Å²) in [5, 5.41) is 3.52. The van der Waals surface area contributed by atoms with E-state index in [-0.39, 0.29) is 23.4 Å². The second kappa shape index (κ2) is 12.5. The molecule has 9 heteroatoms. The van der Waals surface area contributed by atoms with Crippen molar-refractivity contribution in [2.75, 3.05) is 10.8 Å². The third-order valence-electron chi connectivity index (χ3n) is 6.82. The lowest BCUT2D eigenvalue weighted by Crippen LogP contribution is -2.52. The first-order valence-corrected chi connectivity index (χ1v) is 14.6. The number of rotatable bonds is 10. The number of nitrogens with one attached hydrogen (secondary N) is 1. The highest BCUT2D eigenvalue weighted by molar-refractivity contribution is 7.92. The number of nitrogens with zero attached hydrogens (tertiary/aromatic N) is 2. The Balaban J connectivity index is 1.66. The summed E-state index contributed by atoms with van der Waals surface area (Å²) in [5.41, 5.74) is 1.02. The lowest BCUT2D eigenvalue weighted by atomic mass is 10.1. The summed E-state index contributed by atoms with van der Waals surface area (Å²) >= 11 is 6.40. The van der Waals surface area contributed by atoms with E-state index in [1.165, 1.54) is 17.0 Å². The van der Waals surface area contributed by atoms with Crippen LogP contribution in [0.5, 0.6) is 0 Å².